The summed E-state index contributed by atoms with van der Waals surface area (Å²) in [7, 11) is 0. The van der Waals surface area contributed by atoms with Gasteiger partial charge >= 0.3 is 0 Å². The highest BCUT2D eigenvalue weighted by Crippen LogP contribution is 2.43. The molecule has 0 saturated heterocycles. The Morgan fingerprint density at radius 1 is 1.44 bits per heavy atom. The molecule has 0 N–H and O–H groups in total. The van der Waals surface area contributed by atoms with Crippen molar-refractivity contribution in [2.24, 2.45) is 5.92 Å². The van der Waals surface area contributed by atoms with Crippen LogP contribution in [0.3, 0.4) is 0 Å². The van der Waals surface area contributed by atoms with Gasteiger partial charge in [0.2, 0.25) is 0 Å². The lowest BCUT2D eigenvalue weighted by molar-refractivity contribution is -0.105. The molecular weight excluding hydrogens is 112 g/mol. The molecule has 0 spiro atoms. The van der Waals surface area contributed by atoms with Gasteiger partial charge in [-0.1, -0.05) is 5.57 Å². The van der Waals surface area contributed by atoms with Gasteiger partial charge in [0.1, 0.15) is 6.29 Å². The quantitative estimate of drug-likeness (QED) is 0.402. The molecule has 2 aliphatic carbocycles. The molecule has 0 heterocycles. The highest BCUT2D eigenvalue weighted by atomic mass is 16.1. The van der Waals surface area contributed by atoms with E-state index in [0.29, 0.717) is 5.92 Å². The van der Waals surface area contributed by atoms with Gasteiger partial charge in [-0.05, 0) is 37.2 Å². The second-order valence-corrected chi connectivity index (χ2v) is 2.95. The number of hydrogen-bond acceptors (Lipinski definition) is 1. The molecule has 1 nitrogen and oxygen atoms in total. The van der Waals surface area contributed by atoms with Crippen molar-refractivity contribution >= 4 is 6.29 Å². The molecule has 2 fully saturated rings. The van der Waals surface area contributed by atoms with Crippen LogP contribution in [0.1, 0.15) is 25.7 Å². The molecule has 0 unspecified atom stereocenters. The van der Waals surface area contributed by atoms with Crippen molar-refractivity contribution in [1.29, 1.82) is 0 Å². The van der Waals surface area contributed by atoms with Gasteiger partial charge in [0, 0.05) is 0 Å². The zero-order valence-corrected chi connectivity index (χ0v) is 5.39. The molecular formula is C8H10O. The summed E-state index contributed by atoms with van der Waals surface area (Å²) in [6, 6.07) is 0. The standard InChI is InChI=1S/C8H10O/c9-5-8(6-1-2-6)7-3-4-7/h5-6H,1-4H2. The average molecular weight is 122 g/mol. The van der Waals surface area contributed by atoms with Gasteiger partial charge in [0.25, 0.3) is 0 Å². The Hall–Kier alpha value is -0.590. The van der Waals surface area contributed by atoms with E-state index in [1.165, 1.54) is 31.3 Å². The van der Waals surface area contributed by atoms with E-state index < -0.39 is 0 Å². The third-order valence-corrected chi connectivity index (χ3v) is 2.05. The van der Waals surface area contributed by atoms with Gasteiger partial charge < -0.3 is 0 Å². The molecule has 2 aliphatic rings. The minimum atomic E-state index is 0.681. The van der Waals surface area contributed by atoms with E-state index in [1.54, 1.807) is 0 Å². The Morgan fingerprint density at radius 2 is 2.11 bits per heavy atom. The van der Waals surface area contributed by atoms with Crippen molar-refractivity contribution in [2.75, 3.05) is 0 Å². The van der Waals surface area contributed by atoms with Crippen LogP contribution in [0, 0.1) is 5.92 Å². The van der Waals surface area contributed by atoms with Gasteiger partial charge in [-0.3, -0.25) is 4.79 Å². The molecule has 0 atom stereocenters. The minimum absolute atomic E-state index is 0.681. The van der Waals surface area contributed by atoms with Crippen LogP contribution in [0.15, 0.2) is 11.1 Å². The van der Waals surface area contributed by atoms with Crippen molar-refractivity contribution in [1.82, 2.24) is 0 Å². The highest BCUT2D eigenvalue weighted by Gasteiger charge is 2.30. The molecule has 0 bridgehead atoms. The van der Waals surface area contributed by atoms with Crippen LogP contribution in [-0.4, -0.2) is 6.29 Å². The summed E-state index contributed by atoms with van der Waals surface area (Å²) in [4.78, 5) is 10.4. The fourth-order valence-corrected chi connectivity index (χ4v) is 1.21. The lowest BCUT2D eigenvalue weighted by Crippen LogP contribution is -1.85. The van der Waals surface area contributed by atoms with Crippen LogP contribution >= 0.6 is 0 Å². The number of carbonyl (C=O) groups excluding carboxylic acids is 1. The normalized spacial score (nSPS) is 23.8. The van der Waals surface area contributed by atoms with E-state index in [9.17, 15) is 4.79 Å². The maximum Gasteiger partial charge on any atom is 0.146 e. The molecule has 0 radical (unpaired) electrons. The summed E-state index contributed by atoms with van der Waals surface area (Å²) in [5.74, 6) is 0.681. The topological polar surface area (TPSA) is 17.1 Å². The Kier molecular flexibility index (Phi) is 0.981. The highest BCUT2D eigenvalue weighted by molar-refractivity contribution is 5.77. The summed E-state index contributed by atoms with van der Waals surface area (Å²) >= 11 is 0. The van der Waals surface area contributed by atoms with Gasteiger partial charge in [-0.2, -0.15) is 0 Å². The summed E-state index contributed by atoms with van der Waals surface area (Å²) in [6.07, 6.45) is 5.99. The average Bonchev–Trinajstić information content (AvgIpc) is 2.61. The van der Waals surface area contributed by atoms with E-state index >= 15 is 0 Å². The molecule has 0 aliphatic heterocycles. The van der Waals surface area contributed by atoms with E-state index in [4.69, 9.17) is 0 Å². The summed E-state index contributed by atoms with van der Waals surface area (Å²) in [6.45, 7) is 0. The van der Waals surface area contributed by atoms with E-state index in [1.807, 2.05) is 0 Å². The maximum atomic E-state index is 10.4. The number of rotatable bonds is 2. The zero-order chi connectivity index (χ0) is 6.27. The predicted molar refractivity (Wildman–Crippen MR) is 35.0 cm³/mol. The van der Waals surface area contributed by atoms with Crippen molar-refractivity contribution in [3.63, 3.8) is 0 Å². The molecule has 48 valence electrons. The first kappa shape index (κ1) is 5.21. The Labute approximate surface area is 54.8 Å². The molecule has 2 rings (SSSR count). The number of allylic oxidation sites excluding steroid dienone is 2. The van der Waals surface area contributed by atoms with Crippen LogP contribution in [0.4, 0.5) is 0 Å². The molecule has 9 heavy (non-hydrogen) atoms. The van der Waals surface area contributed by atoms with Crippen LogP contribution < -0.4 is 0 Å². The lowest BCUT2D eigenvalue weighted by Gasteiger charge is -1.89. The fourth-order valence-electron chi connectivity index (χ4n) is 1.21. The Bertz CT molecular complexity index is 169. The van der Waals surface area contributed by atoms with Crippen LogP contribution in [0.5, 0.6) is 0 Å². The van der Waals surface area contributed by atoms with E-state index in [-0.39, 0.29) is 0 Å². The second-order valence-electron chi connectivity index (χ2n) is 2.95. The van der Waals surface area contributed by atoms with Crippen molar-refractivity contribution in [2.45, 2.75) is 25.7 Å². The molecule has 2 saturated carbocycles. The smallest absolute Gasteiger partial charge is 0.146 e. The third kappa shape index (κ3) is 0.913. The van der Waals surface area contributed by atoms with Gasteiger partial charge in [0.05, 0.1) is 0 Å². The zero-order valence-electron chi connectivity index (χ0n) is 5.39. The van der Waals surface area contributed by atoms with E-state index in [0.717, 1.165) is 11.9 Å². The molecule has 0 aromatic heterocycles. The van der Waals surface area contributed by atoms with Crippen molar-refractivity contribution < 1.29 is 4.79 Å². The lowest BCUT2D eigenvalue weighted by atomic mass is 10.2. The fraction of sp³-hybridized carbons (Fsp3) is 0.625. The molecule has 0 aromatic rings. The largest absolute Gasteiger partial charge is 0.298 e. The van der Waals surface area contributed by atoms with Gasteiger partial charge in [-0.15, -0.1) is 0 Å². The van der Waals surface area contributed by atoms with E-state index in [2.05, 4.69) is 0 Å². The third-order valence-electron chi connectivity index (χ3n) is 2.05. The first-order valence-electron chi connectivity index (χ1n) is 3.59. The van der Waals surface area contributed by atoms with Gasteiger partial charge in [0.15, 0.2) is 0 Å². The number of aldehydes is 1. The predicted octanol–water partition coefficient (Wildman–Crippen LogP) is 1.69. The SMILES string of the molecule is O=CC(=C1CC1)C1CC1. The summed E-state index contributed by atoms with van der Waals surface area (Å²) < 4.78 is 0. The summed E-state index contributed by atoms with van der Waals surface area (Å²) in [5.41, 5.74) is 2.59. The molecule has 1 heteroatoms. The van der Waals surface area contributed by atoms with Crippen LogP contribution in [-0.2, 0) is 4.79 Å². The van der Waals surface area contributed by atoms with Crippen molar-refractivity contribution in [3.05, 3.63) is 11.1 Å². The second kappa shape index (κ2) is 1.69. The van der Waals surface area contributed by atoms with Gasteiger partial charge in [-0.25, -0.2) is 0 Å². The summed E-state index contributed by atoms with van der Waals surface area (Å²) in [5, 5.41) is 0. The Morgan fingerprint density at radius 3 is 2.44 bits per heavy atom. The molecule has 0 aromatic carbocycles. The molecule has 0 amide bonds. The van der Waals surface area contributed by atoms with Crippen LogP contribution in [0.2, 0.25) is 0 Å². The first-order chi connectivity index (χ1) is 4.42. The van der Waals surface area contributed by atoms with Crippen LogP contribution in [0.25, 0.3) is 0 Å². The number of hydrogen-bond donors (Lipinski definition) is 0. The first-order valence-corrected chi connectivity index (χ1v) is 3.59. The number of carbonyl (C=O) groups is 1. The Balaban J connectivity index is 2.18. The monoisotopic (exact) mass is 122 g/mol. The maximum absolute atomic E-state index is 10.4. The van der Waals surface area contributed by atoms with Crippen molar-refractivity contribution in [3.8, 4) is 0 Å². The minimum Gasteiger partial charge on any atom is -0.298 e.